The number of nitrogens with one attached hydrogen (secondary N) is 2. The van der Waals surface area contributed by atoms with E-state index >= 15 is 0 Å². The molecule has 7 nitrogen and oxygen atoms in total. The normalized spacial score (nSPS) is 15.3. The topological polar surface area (TPSA) is 92.6 Å². The van der Waals surface area contributed by atoms with Crippen molar-refractivity contribution in [2.75, 3.05) is 6.54 Å². The lowest BCUT2D eigenvalue weighted by molar-refractivity contribution is -0.120. The Hall–Kier alpha value is -1.64. The zero-order valence-corrected chi connectivity index (χ0v) is 12.5. The van der Waals surface area contributed by atoms with Gasteiger partial charge in [0.2, 0.25) is 5.91 Å². The Labute approximate surface area is 126 Å². The van der Waals surface area contributed by atoms with Gasteiger partial charge in [-0.05, 0) is 25.0 Å². The second kappa shape index (κ2) is 5.28. The number of imidazole rings is 1. The fraction of sp³-hybridized carbons (Fsp3) is 0.333. The number of sulfonamides is 1. The van der Waals surface area contributed by atoms with Crippen LogP contribution in [-0.4, -0.2) is 36.3 Å². The first-order valence-corrected chi connectivity index (χ1v) is 8.25. The molecule has 9 heteroatoms. The Balaban J connectivity index is 1.82. The second-order valence-corrected chi connectivity index (χ2v) is 6.84. The van der Waals surface area contributed by atoms with Crippen molar-refractivity contribution in [2.24, 2.45) is 0 Å². The number of carbonyl (C=O) groups is 1. The smallest absolute Gasteiger partial charge is 0.260 e. The van der Waals surface area contributed by atoms with Crippen LogP contribution < -0.4 is 10.0 Å². The zero-order valence-electron chi connectivity index (χ0n) is 10.9. The van der Waals surface area contributed by atoms with Crippen LogP contribution in [0.4, 0.5) is 0 Å². The van der Waals surface area contributed by atoms with Gasteiger partial charge in [-0.15, -0.1) is 0 Å². The molecule has 0 atom stereocenters. The molecule has 3 rings (SSSR count). The highest BCUT2D eigenvalue weighted by atomic mass is 35.5. The summed E-state index contributed by atoms with van der Waals surface area (Å²) in [5, 5.41) is 2.41. The maximum atomic E-state index is 12.3. The third-order valence-electron chi connectivity index (χ3n) is 3.07. The van der Waals surface area contributed by atoms with Gasteiger partial charge in [0.1, 0.15) is 5.65 Å². The number of halogens is 1. The summed E-state index contributed by atoms with van der Waals surface area (Å²) >= 11 is 5.91. The maximum Gasteiger partial charge on any atom is 0.260 e. The fourth-order valence-electron chi connectivity index (χ4n) is 1.92. The number of hydrogen-bond acceptors (Lipinski definition) is 4. The lowest BCUT2D eigenvalue weighted by Crippen LogP contribution is -2.38. The fourth-order valence-corrected chi connectivity index (χ4v) is 3.54. The van der Waals surface area contributed by atoms with Gasteiger partial charge >= 0.3 is 0 Å². The van der Waals surface area contributed by atoms with Crippen LogP contribution in [0.5, 0.6) is 0 Å². The van der Waals surface area contributed by atoms with Crippen molar-refractivity contribution in [3.63, 3.8) is 0 Å². The number of aromatic nitrogens is 2. The molecular weight excluding hydrogens is 316 g/mol. The summed E-state index contributed by atoms with van der Waals surface area (Å²) in [7, 11) is -3.93. The molecule has 2 N–H and O–H groups in total. The van der Waals surface area contributed by atoms with Crippen molar-refractivity contribution in [1.29, 1.82) is 0 Å². The average Bonchev–Trinajstić information content (AvgIpc) is 3.15. The number of fused-ring (bicyclic) bond motifs is 1. The summed E-state index contributed by atoms with van der Waals surface area (Å²) < 4.78 is 28.2. The highest BCUT2D eigenvalue weighted by Crippen LogP contribution is 2.22. The Morgan fingerprint density at radius 1 is 1.43 bits per heavy atom. The van der Waals surface area contributed by atoms with Gasteiger partial charge in [0.25, 0.3) is 10.0 Å². The molecule has 0 bridgehead atoms. The summed E-state index contributed by atoms with van der Waals surface area (Å²) in [6, 6.07) is 5.22. The van der Waals surface area contributed by atoms with E-state index in [2.05, 4.69) is 15.0 Å². The van der Waals surface area contributed by atoms with Crippen molar-refractivity contribution >= 4 is 33.2 Å². The van der Waals surface area contributed by atoms with E-state index < -0.39 is 10.0 Å². The van der Waals surface area contributed by atoms with E-state index in [1.54, 1.807) is 24.4 Å². The quantitative estimate of drug-likeness (QED) is 0.838. The second-order valence-electron chi connectivity index (χ2n) is 4.80. The van der Waals surface area contributed by atoms with Gasteiger partial charge in [-0.2, -0.15) is 0 Å². The molecule has 1 aliphatic rings. The first-order valence-electron chi connectivity index (χ1n) is 6.39. The minimum atomic E-state index is -3.93. The minimum Gasteiger partial charge on any atom is -0.352 e. The van der Waals surface area contributed by atoms with Crippen LogP contribution in [0, 0.1) is 0 Å². The SMILES string of the molecule is O=C(CNS(=O)(=O)c1c(Cl)nc2ccccn12)NC1CC1. The van der Waals surface area contributed by atoms with Gasteiger partial charge in [0, 0.05) is 12.2 Å². The highest BCUT2D eigenvalue weighted by Gasteiger charge is 2.27. The van der Waals surface area contributed by atoms with Gasteiger partial charge in [0.15, 0.2) is 10.2 Å². The van der Waals surface area contributed by atoms with Gasteiger partial charge in [-0.3, -0.25) is 9.20 Å². The van der Waals surface area contributed by atoms with E-state index in [9.17, 15) is 13.2 Å². The number of amides is 1. The van der Waals surface area contributed by atoms with Crippen LogP contribution in [0.25, 0.3) is 5.65 Å². The monoisotopic (exact) mass is 328 g/mol. The van der Waals surface area contributed by atoms with E-state index in [1.807, 2.05) is 0 Å². The predicted molar refractivity (Wildman–Crippen MR) is 76.6 cm³/mol. The summed E-state index contributed by atoms with van der Waals surface area (Å²) in [5.41, 5.74) is 0.422. The first kappa shape index (κ1) is 14.3. The van der Waals surface area contributed by atoms with Crippen LogP contribution in [0.1, 0.15) is 12.8 Å². The molecule has 1 aliphatic carbocycles. The number of carbonyl (C=O) groups excluding carboxylic acids is 1. The summed E-state index contributed by atoms with van der Waals surface area (Å²) in [6.07, 6.45) is 3.43. The van der Waals surface area contributed by atoms with Crippen molar-refractivity contribution in [3.05, 3.63) is 29.5 Å². The van der Waals surface area contributed by atoms with Crippen LogP contribution >= 0.6 is 11.6 Å². The molecule has 0 radical (unpaired) electrons. The van der Waals surface area contributed by atoms with E-state index in [1.165, 1.54) is 4.40 Å². The number of hydrogen-bond donors (Lipinski definition) is 2. The van der Waals surface area contributed by atoms with E-state index in [-0.39, 0.29) is 28.7 Å². The van der Waals surface area contributed by atoms with Crippen LogP contribution in [0.2, 0.25) is 5.15 Å². The number of nitrogens with zero attached hydrogens (tertiary/aromatic N) is 2. The van der Waals surface area contributed by atoms with Gasteiger partial charge in [0.05, 0.1) is 6.54 Å². The average molecular weight is 329 g/mol. The molecule has 2 aromatic rings. The first-order chi connectivity index (χ1) is 9.97. The molecule has 0 unspecified atom stereocenters. The molecule has 1 amide bonds. The maximum absolute atomic E-state index is 12.3. The molecule has 0 aromatic carbocycles. The Morgan fingerprint density at radius 2 is 2.19 bits per heavy atom. The largest absolute Gasteiger partial charge is 0.352 e. The molecule has 2 aromatic heterocycles. The van der Waals surface area contributed by atoms with Crippen LogP contribution in [-0.2, 0) is 14.8 Å². The lowest BCUT2D eigenvalue weighted by Gasteiger charge is -2.07. The Bertz CT molecular complexity index is 798. The minimum absolute atomic E-state index is 0.128. The summed E-state index contributed by atoms with van der Waals surface area (Å²) in [5.74, 6) is -0.356. The molecule has 1 saturated carbocycles. The van der Waals surface area contributed by atoms with E-state index in [0.717, 1.165) is 12.8 Å². The molecule has 0 saturated heterocycles. The number of rotatable bonds is 5. The van der Waals surface area contributed by atoms with Crippen molar-refractivity contribution in [1.82, 2.24) is 19.4 Å². The van der Waals surface area contributed by atoms with Crippen LogP contribution in [0.15, 0.2) is 29.4 Å². The summed E-state index contributed by atoms with van der Waals surface area (Å²) in [6.45, 7) is -0.324. The Morgan fingerprint density at radius 3 is 2.90 bits per heavy atom. The molecular formula is C12H13ClN4O3S. The molecule has 1 fully saturated rings. The molecule has 112 valence electrons. The summed E-state index contributed by atoms with van der Waals surface area (Å²) in [4.78, 5) is 15.5. The van der Waals surface area contributed by atoms with Crippen LogP contribution in [0.3, 0.4) is 0 Å². The lowest BCUT2D eigenvalue weighted by atomic mass is 10.5. The van der Waals surface area contributed by atoms with Crippen molar-refractivity contribution in [2.45, 2.75) is 23.9 Å². The van der Waals surface area contributed by atoms with Crippen molar-refractivity contribution < 1.29 is 13.2 Å². The van der Waals surface area contributed by atoms with Gasteiger partial charge in [-0.25, -0.2) is 18.1 Å². The standard InChI is InChI=1S/C12H13ClN4O3S/c13-11-12(17-6-2-1-3-9(17)16-11)21(19,20)14-7-10(18)15-8-4-5-8/h1-3,6,8,14H,4-5,7H2,(H,15,18). The zero-order chi connectivity index (χ0) is 15.0. The van der Waals surface area contributed by atoms with Gasteiger partial charge in [-0.1, -0.05) is 17.7 Å². The van der Waals surface area contributed by atoms with E-state index in [4.69, 9.17) is 11.6 Å². The highest BCUT2D eigenvalue weighted by molar-refractivity contribution is 7.89. The molecule has 0 aliphatic heterocycles. The number of pyridine rings is 1. The Kier molecular flexibility index (Phi) is 3.60. The third-order valence-corrected chi connectivity index (χ3v) is 4.87. The predicted octanol–water partition coefficient (Wildman–Crippen LogP) is 0.545. The third kappa shape index (κ3) is 3.02. The molecule has 21 heavy (non-hydrogen) atoms. The molecule has 2 heterocycles. The molecule has 0 spiro atoms. The van der Waals surface area contributed by atoms with Crippen molar-refractivity contribution in [3.8, 4) is 0 Å². The van der Waals surface area contributed by atoms with E-state index in [0.29, 0.717) is 5.65 Å². The van der Waals surface area contributed by atoms with Gasteiger partial charge < -0.3 is 5.32 Å².